The monoisotopic (exact) mass is 391 g/mol. The zero-order valence-electron chi connectivity index (χ0n) is 15.8. The van der Waals surface area contributed by atoms with Gasteiger partial charge in [-0.3, -0.25) is 10.1 Å². The highest BCUT2D eigenvalue weighted by Crippen LogP contribution is 2.27. The van der Waals surface area contributed by atoms with Crippen LogP contribution in [0.2, 0.25) is 0 Å². The number of benzene rings is 3. The van der Waals surface area contributed by atoms with E-state index >= 15 is 0 Å². The second kappa shape index (κ2) is 9.50. The molecule has 0 fully saturated rings. The Morgan fingerprint density at radius 2 is 1.66 bits per heavy atom. The van der Waals surface area contributed by atoms with Gasteiger partial charge in [0, 0.05) is 17.7 Å². The van der Waals surface area contributed by atoms with Crippen LogP contribution in [0.25, 0.3) is 0 Å². The fraction of sp³-hybridized carbons (Fsp3) is 0.174. The lowest BCUT2D eigenvalue weighted by Gasteiger charge is -2.12. The predicted octanol–water partition coefficient (Wildman–Crippen LogP) is 5.05. The fourth-order valence-electron chi connectivity index (χ4n) is 3.05. The molecule has 0 spiro atoms. The summed E-state index contributed by atoms with van der Waals surface area (Å²) < 4.78 is 5.91. The molecule has 3 aromatic carbocycles. The quantitative estimate of drug-likeness (QED) is 0.407. The smallest absolute Gasteiger partial charge is 0.335 e. The lowest BCUT2D eigenvalue weighted by molar-refractivity contribution is -0.384. The van der Waals surface area contributed by atoms with Crippen LogP contribution < -0.4 is 4.74 Å². The van der Waals surface area contributed by atoms with Crippen molar-refractivity contribution < 1.29 is 19.6 Å². The van der Waals surface area contributed by atoms with Crippen molar-refractivity contribution in [3.05, 3.63) is 105 Å². The van der Waals surface area contributed by atoms with Crippen molar-refractivity contribution >= 4 is 11.7 Å². The third-order valence-corrected chi connectivity index (χ3v) is 4.60. The van der Waals surface area contributed by atoms with E-state index < -0.39 is 10.9 Å². The van der Waals surface area contributed by atoms with E-state index in [1.54, 1.807) is 36.4 Å². The third kappa shape index (κ3) is 5.65. The molecule has 0 aliphatic rings. The highest BCUT2D eigenvalue weighted by atomic mass is 16.6. The number of aryl methyl sites for hydroxylation is 2. The molecule has 0 bridgehead atoms. The van der Waals surface area contributed by atoms with Gasteiger partial charge in [-0.25, -0.2) is 4.79 Å². The van der Waals surface area contributed by atoms with Crippen LogP contribution >= 0.6 is 0 Å². The number of carboxylic acid groups (broad SMARTS) is 1. The maximum absolute atomic E-state index is 11.1. The average Bonchev–Trinajstić information content (AvgIpc) is 2.73. The SMILES string of the molecule is O=C(O)c1ccc(CCCc2cc([N+](=O)[O-])ccc2OCc2ccccc2)cc1. The number of non-ortho nitro benzene ring substituents is 1. The number of nitrogens with zero attached hydrogens (tertiary/aromatic N) is 1. The summed E-state index contributed by atoms with van der Waals surface area (Å²) in [6, 6.07) is 21.2. The molecule has 0 radical (unpaired) electrons. The van der Waals surface area contributed by atoms with Gasteiger partial charge in [0.05, 0.1) is 10.5 Å². The summed E-state index contributed by atoms with van der Waals surface area (Å²) in [5.41, 5.74) is 3.13. The summed E-state index contributed by atoms with van der Waals surface area (Å²) in [6.07, 6.45) is 2.11. The first-order chi connectivity index (χ1) is 14.0. The number of ether oxygens (including phenoxy) is 1. The molecule has 0 amide bonds. The molecule has 3 rings (SSSR count). The Labute approximate surface area is 168 Å². The first-order valence-electron chi connectivity index (χ1n) is 9.29. The van der Waals surface area contributed by atoms with Crippen LogP contribution in [-0.4, -0.2) is 16.0 Å². The standard InChI is InChI=1S/C23H21NO5/c25-23(26)19-11-9-17(10-12-19)7-4-8-20-15-21(24(27)28)13-14-22(20)29-16-18-5-2-1-3-6-18/h1-3,5-6,9-15H,4,7-8,16H2,(H,25,26). The minimum Gasteiger partial charge on any atom is -0.489 e. The fourth-order valence-corrected chi connectivity index (χ4v) is 3.05. The Morgan fingerprint density at radius 3 is 2.31 bits per heavy atom. The summed E-state index contributed by atoms with van der Waals surface area (Å²) in [5.74, 6) is -0.311. The maximum atomic E-state index is 11.1. The Hall–Kier alpha value is -3.67. The van der Waals surface area contributed by atoms with E-state index in [1.807, 2.05) is 30.3 Å². The summed E-state index contributed by atoms with van der Waals surface area (Å²) in [5, 5.41) is 20.1. The third-order valence-electron chi connectivity index (χ3n) is 4.60. The first kappa shape index (κ1) is 20.1. The first-order valence-corrected chi connectivity index (χ1v) is 9.29. The minimum absolute atomic E-state index is 0.0397. The van der Waals surface area contributed by atoms with Crippen molar-refractivity contribution in [2.45, 2.75) is 25.9 Å². The number of rotatable bonds is 9. The summed E-state index contributed by atoms with van der Waals surface area (Å²) >= 11 is 0. The van der Waals surface area contributed by atoms with Crippen molar-refractivity contribution in [3.8, 4) is 5.75 Å². The van der Waals surface area contributed by atoms with Crippen LogP contribution in [-0.2, 0) is 19.4 Å². The molecule has 0 saturated heterocycles. The van der Waals surface area contributed by atoms with Crippen molar-refractivity contribution in [1.82, 2.24) is 0 Å². The highest BCUT2D eigenvalue weighted by Gasteiger charge is 2.12. The van der Waals surface area contributed by atoms with E-state index in [2.05, 4.69) is 0 Å². The van der Waals surface area contributed by atoms with Crippen LogP contribution in [0.3, 0.4) is 0 Å². The molecule has 6 nitrogen and oxygen atoms in total. The molecule has 29 heavy (non-hydrogen) atoms. The Morgan fingerprint density at radius 1 is 0.931 bits per heavy atom. The summed E-state index contributed by atoms with van der Waals surface area (Å²) in [7, 11) is 0. The van der Waals surface area contributed by atoms with Gasteiger partial charge in [-0.1, -0.05) is 42.5 Å². The van der Waals surface area contributed by atoms with Gasteiger partial charge in [-0.15, -0.1) is 0 Å². The molecule has 3 aromatic rings. The lowest BCUT2D eigenvalue weighted by Crippen LogP contribution is -2.01. The molecule has 148 valence electrons. The van der Waals surface area contributed by atoms with Gasteiger partial charge in [0.2, 0.25) is 0 Å². The zero-order valence-corrected chi connectivity index (χ0v) is 15.8. The molecular formula is C23H21NO5. The number of aromatic carboxylic acids is 1. The molecule has 0 saturated carbocycles. The largest absolute Gasteiger partial charge is 0.489 e. The van der Waals surface area contributed by atoms with Crippen LogP contribution in [0.15, 0.2) is 72.8 Å². The molecule has 0 atom stereocenters. The molecule has 0 aromatic heterocycles. The average molecular weight is 391 g/mol. The van der Waals surface area contributed by atoms with Gasteiger partial charge in [0.1, 0.15) is 12.4 Å². The van der Waals surface area contributed by atoms with E-state index in [1.165, 1.54) is 6.07 Å². The van der Waals surface area contributed by atoms with Crippen LogP contribution in [0.4, 0.5) is 5.69 Å². The van der Waals surface area contributed by atoms with E-state index in [-0.39, 0.29) is 11.3 Å². The Bertz CT molecular complexity index is 984. The van der Waals surface area contributed by atoms with E-state index in [0.717, 1.165) is 29.5 Å². The summed E-state index contributed by atoms with van der Waals surface area (Å²) in [6.45, 7) is 0.391. The van der Waals surface area contributed by atoms with Gasteiger partial charge in [-0.2, -0.15) is 0 Å². The van der Waals surface area contributed by atoms with Crippen LogP contribution in [0.1, 0.15) is 33.5 Å². The highest BCUT2D eigenvalue weighted by molar-refractivity contribution is 5.87. The van der Waals surface area contributed by atoms with Gasteiger partial charge < -0.3 is 9.84 Å². The topological polar surface area (TPSA) is 89.7 Å². The van der Waals surface area contributed by atoms with E-state index in [4.69, 9.17) is 9.84 Å². The number of carboxylic acids is 1. The molecule has 0 aliphatic heterocycles. The molecule has 0 unspecified atom stereocenters. The van der Waals surface area contributed by atoms with E-state index in [0.29, 0.717) is 18.8 Å². The minimum atomic E-state index is -0.951. The van der Waals surface area contributed by atoms with Gasteiger partial charge in [0.25, 0.3) is 5.69 Å². The summed E-state index contributed by atoms with van der Waals surface area (Å²) in [4.78, 5) is 21.7. The normalized spacial score (nSPS) is 10.5. The Balaban J connectivity index is 1.67. The van der Waals surface area contributed by atoms with Crippen LogP contribution in [0.5, 0.6) is 5.75 Å². The lowest BCUT2D eigenvalue weighted by atomic mass is 10.0. The van der Waals surface area contributed by atoms with Crippen molar-refractivity contribution in [2.75, 3.05) is 0 Å². The van der Waals surface area contributed by atoms with Crippen molar-refractivity contribution in [3.63, 3.8) is 0 Å². The molecule has 1 N–H and O–H groups in total. The number of nitro groups is 1. The number of hydrogen-bond acceptors (Lipinski definition) is 4. The molecule has 0 aliphatic carbocycles. The molecular weight excluding hydrogens is 370 g/mol. The zero-order chi connectivity index (χ0) is 20.6. The number of carbonyl (C=O) groups is 1. The van der Waals surface area contributed by atoms with E-state index in [9.17, 15) is 14.9 Å². The van der Waals surface area contributed by atoms with Crippen LogP contribution in [0, 0.1) is 10.1 Å². The molecule has 0 heterocycles. The second-order valence-electron chi connectivity index (χ2n) is 6.68. The van der Waals surface area contributed by atoms with Gasteiger partial charge in [0.15, 0.2) is 0 Å². The number of nitro benzene ring substituents is 1. The van der Waals surface area contributed by atoms with Crippen molar-refractivity contribution in [1.29, 1.82) is 0 Å². The number of hydrogen-bond donors (Lipinski definition) is 1. The van der Waals surface area contributed by atoms with Gasteiger partial charge >= 0.3 is 5.97 Å². The molecule has 6 heteroatoms. The maximum Gasteiger partial charge on any atom is 0.335 e. The van der Waals surface area contributed by atoms with Crippen molar-refractivity contribution in [2.24, 2.45) is 0 Å². The second-order valence-corrected chi connectivity index (χ2v) is 6.68. The predicted molar refractivity (Wildman–Crippen MR) is 109 cm³/mol. The Kier molecular flexibility index (Phi) is 6.58. The van der Waals surface area contributed by atoms with Gasteiger partial charge in [-0.05, 0) is 48.6 Å².